The van der Waals surface area contributed by atoms with Crippen LogP contribution in [0.5, 0.6) is 0 Å². The number of hydrogen-bond acceptors (Lipinski definition) is 7. The van der Waals surface area contributed by atoms with E-state index in [1.54, 1.807) is 0 Å². The molecule has 1 N–H and O–H groups in total. The van der Waals surface area contributed by atoms with Crippen molar-refractivity contribution >= 4 is 19.8 Å². The molecule has 0 heterocycles. The highest BCUT2D eigenvalue weighted by Crippen LogP contribution is 2.43. The van der Waals surface area contributed by atoms with E-state index in [9.17, 15) is 19.0 Å². The van der Waals surface area contributed by atoms with E-state index in [0.717, 1.165) is 57.8 Å². The van der Waals surface area contributed by atoms with Gasteiger partial charge in [-0.15, -0.1) is 0 Å². The molecule has 0 bridgehead atoms. The van der Waals surface area contributed by atoms with Crippen molar-refractivity contribution in [2.45, 2.75) is 277 Å². The number of allylic oxidation sites excluding steroid dienone is 8. The highest BCUT2D eigenvalue weighted by molar-refractivity contribution is 7.47. The first-order valence-corrected chi connectivity index (χ1v) is 30.9. The number of carbonyl (C=O) groups excluding carboxylic acids is 2. The summed E-state index contributed by atoms with van der Waals surface area (Å²) in [5, 5.41) is 0. The van der Waals surface area contributed by atoms with Gasteiger partial charge >= 0.3 is 19.8 Å². The molecule has 70 heavy (non-hydrogen) atoms. The third kappa shape index (κ3) is 55.3. The molecular formula is C60H113NO8P+. The lowest BCUT2D eigenvalue weighted by atomic mass is 10.0. The van der Waals surface area contributed by atoms with Gasteiger partial charge in [0.2, 0.25) is 0 Å². The maximum atomic E-state index is 12.8. The highest BCUT2D eigenvalue weighted by atomic mass is 31.2. The SMILES string of the molecule is CCCCCCC/C=C\C/C=C\C/C=C\CCCCCCCCCCC(=O)OC(COC(=O)CCCCCCCCCCCCC/C=C\CCCCCCCCCC)COP(=O)(O)OCC[N+](C)(C)C. The van der Waals surface area contributed by atoms with Crippen LogP contribution in [0.2, 0.25) is 0 Å². The van der Waals surface area contributed by atoms with Gasteiger partial charge in [-0.25, -0.2) is 4.57 Å². The minimum absolute atomic E-state index is 0.0296. The molecule has 0 saturated heterocycles. The Hall–Kier alpha value is -2.03. The maximum absolute atomic E-state index is 12.8. The first-order chi connectivity index (χ1) is 34.0. The second kappa shape index (κ2) is 51.9. The molecule has 9 nitrogen and oxygen atoms in total. The second-order valence-corrected chi connectivity index (χ2v) is 22.5. The first kappa shape index (κ1) is 68.0. The van der Waals surface area contributed by atoms with Gasteiger partial charge in [0.05, 0.1) is 27.7 Å². The van der Waals surface area contributed by atoms with E-state index >= 15 is 0 Å². The Morgan fingerprint density at radius 2 is 0.771 bits per heavy atom. The number of esters is 2. The number of likely N-dealkylation sites (N-methyl/N-ethyl adjacent to an activating group) is 1. The molecule has 0 spiro atoms. The third-order valence-electron chi connectivity index (χ3n) is 12.8. The molecule has 0 saturated carbocycles. The summed E-state index contributed by atoms with van der Waals surface area (Å²) in [7, 11) is 1.48. The van der Waals surface area contributed by atoms with Gasteiger partial charge in [0.15, 0.2) is 6.10 Å². The molecule has 0 fully saturated rings. The molecule has 0 aliphatic rings. The van der Waals surface area contributed by atoms with E-state index < -0.39 is 26.5 Å². The Bertz CT molecular complexity index is 1320. The van der Waals surface area contributed by atoms with Crippen LogP contribution in [0.25, 0.3) is 0 Å². The smallest absolute Gasteiger partial charge is 0.462 e. The van der Waals surface area contributed by atoms with Crippen LogP contribution >= 0.6 is 7.82 Å². The van der Waals surface area contributed by atoms with Crippen LogP contribution < -0.4 is 0 Å². The zero-order chi connectivity index (χ0) is 51.3. The van der Waals surface area contributed by atoms with Crippen LogP contribution in [0.1, 0.15) is 271 Å². The summed E-state index contributed by atoms with van der Waals surface area (Å²) in [6.45, 7) is 4.44. The largest absolute Gasteiger partial charge is 0.472 e. The Morgan fingerprint density at radius 3 is 1.16 bits per heavy atom. The average Bonchev–Trinajstić information content (AvgIpc) is 3.32. The number of nitrogens with zero attached hydrogens (tertiary/aromatic N) is 1. The van der Waals surface area contributed by atoms with Crippen molar-refractivity contribution in [3.8, 4) is 0 Å². The zero-order valence-electron chi connectivity index (χ0n) is 46.5. The molecule has 410 valence electrons. The monoisotopic (exact) mass is 1010 g/mol. The van der Waals surface area contributed by atoms with Crippen LogP contribution in [0.4, 0.5) is 0 Å². The van der Waals surface area contributed by atoms with Gasteiger partial charge in [-0.05, 0) is 77.0 Å². The van der Waals surface area contributed by atoms with E-state index in [2.05, 4.69) is 62.5 Å². The quantitative estimate of drug-likeness (QED) is 0.0211. The fourth-order valence-electron chi connectivity index (χ4n) is 8.25. The number of phosphoric acid groups is 1. The van der Waals surface area contributed by atoms with E-state index in [1.165, 1.54) is 180 Å². The number of phosphoric ester groups is 1. The van der Waals surface area contributed by atoms with Gasteiger partial charge in [-0.3, -0.25) is 18.6 Å². The van der Waals surface area contributed by atoms with Crippen molar-refractivity contribution in [3.05, 3.63) is 48.6 Å². The van der Waals surface area contributed by atoms with Crippen molar-refractivity contribution in [1.29, 1.82) is 0 Å². The fraction of sp³-hybridized carbons (Fsp3) is 0.833. The topological polar surface area (TPSA) is 108 Å². The maximum Gasteiger partial charge on any atom is 0.472 e. The summed E-state index contributed by atoms with van der Waals surface area (Å²) in [5.41, 5.74) is 0. The Labute approximate surface area is 433 Å². The molecule has 0 aliphatic carbocycles. The molecule has 0 aromatic heterocycles. The summed E-state index contributed by atoms with van der Waals surface area (Å²) >= 11 is 0. The summed E-state index contributed by atoms with van der Waals surface area (Å²) < 4.78 is 34.6. The predicted octanol–water partition coefficient (Wildman–Crippen LogP) is 18.1. The van der Waals surface area contributed by atoms with Gasteiger partial charge in [0.25, 0.3) is 0 Å². The average molecular weight is 1010 g/mol. The highest BCUT2D eigenvalue weighted by Gasteiger charge is 2.27. The minimum Gasteiger partial charge on any atom is -0.462 e. The van der Waals surface area contributed by atoms with Gasteiger partial charge in [-0.2, -0.15) is 0 Å². The summed E-state index contributed by atoms with van der Waals surface area (Å²) in [6.07, 6.45) is 64.6. The van der Waals surface area contributed by atoms with E-state index in [-0.39, 0.29) is 32.0 Å². The van der Waals surface area contributed by atoms with Gasteiger partial charge < -0.3 is 18.9 Å². The Morgan fingerprint density at radius 1 is 0.443 bits per heavy atom. The summed E-state index contributed by atoms with van der Waals surface area (Å²) in [6, 6.07) is 0. The number of quaternary nitrogens is 1. The number of rotatable bonds is 54. The molecule has 0 rings (SSSR count). The molecule has 0 amide bonds. The lowest BCUT2D eigenvalue weighted by Gasteiger charge is -2.24. The van der Waals surface area contributed by atoms with Crippen molar-refractivity contribution in [2.24, 2.45) is 0 Å². The molecule has 0 aromatic rings. The van der Waals surface area contributed by atoms with E-state index in [1.807, 2.05) is 21.1 Å². The second-order valence-electron chi connectivity index (χ2n) is 21.0. The van der Waals surface area contributed by atoms with Crippen LogP contribution in [0, 0.1) is 0 Å². The van der Waals surface area contributed by atoms with E-state index in [4.69, 9.17) is 18.5 Å². The van der Waals surface area contributed by atoms with Gasteiger partial charge in [0, 0.05) is 12.8 Å². The number of hydrogen-bond donors (Lipinski definition) is 1. The van der Waals surface area contributed by atoms with Crippen molar-refractivity contribution in [3.63, 3.8) is 0 Å². The Balaban J connectivity index is 4.18. The normalized spacial score (nSPS) is 13.6. The van der Waals surface area contributed by atoms with Gasteiger partial charge in [0.1, 0.15) is 19.8 Å². The molecule has 0 aromatic carbocycles. The van der Waals surface area contributed by atoms with Crippen LogP contribution in [-0.2, 0) is 32.7 Å². The van der Waals surface area contributed by atoms with Crippen LogP contribution in [-0.4, -0.2) is 74.9 Å². The van der Waals surface area contributed by atoms with Crippen molar-refractivity contribution in [2.75, 3.05) is 47.5 Å². The molecule has 2 atom stereocenters. The number of ether oxygens (including phenoxy) is 2. The van der Waals surface area contributed by atoms with Crippen LogP contribution in [0.3, 0.4) is 0 Å². The van der Waals surface area contributed by atoms with Crippen molar-refractivity contribution in [1.82, 2.24) is 0 Å². The summed E-state index contributed by atoms with van der Waals surface area (Å²) in [4.78, 5) is 35.7. The molecular weight excluding hydrogens is 894 g/mol. The molecule has 0 radical (unpaired) electrons. The lowest BCUT2D eigenvalue weighted by molar-refractivity contribution is -0.870. The van der Waals surface area contributed by atoms with E-state index in [0.29, 0.717) is 17.4 Å². The summed E-state index contributed by atoms with van der Waals surface area (Å²) in [5.74, 6) is -0.798. The van der Waals surface area contributed by atoms with Gasteiger partial charge in [-0.1, -0.05) is 229 Å². The van der Waals surface area contributed by atoms with Crippen molar-refractivity contribution < 1.29 is 42.1 Å². The number of carbonyl (C=O) groups is 2. The zero-order valence-corrected chi connectivity index (χ0v) is 47.4. The number of unbranched alkanes of at least 4 members (excludes halogenated alkanes) is 32. The molecule has 0 aliphatic heterocycles. The standard InChI is InChI=1S/C60H112NO8P/c1-6-8-10-12-14-16-18-20-22-24-26-28-30-32-34-36-38-40-42-44-46-48-50-52-59(62)66-56-58(57-68-70(64,65)67-55-54-61(3,4)5)69-60(63)53-51-49-47-45-43-41-39-37-35-33-31-29-27-25-23-21-19-17-15-13-11-9-7-2/h19,21,24-27,31,33,58H,6-18,20,22-23,28-30,32,34-57H2,1-5H3/p+1/b21-19-,26-24-,27-25-,33-31-. The Kier molecular flexibility index (Phi) is 50.4. The third-order valence-corrected chi connectivity index (χ3v) is 13.8. The van der Waals surface area contributed by atoms with Crippen LogP contribution in [0.15, 0.2) is 48.6 Å². The molecule has 10 heteroatoms. The minimum atomic E-state index is -4.39. The predicted molar refractivity (Wildman–Crippen MR) is 298 cm³/mol. The fourth-order valence-corrected chi connectivity index (χ4v) is 9.00. The first-order valence-electron chi connectivity index (χ1n) is 29.4. The lowest BCUT2D eigenvalue weighted by Crippen LogP contribution is -2.37. The molecule has 2 unspecified atom stereocenters.